The smallest absolute Gasteiger partial charge is 0.252 e. The molecule has 0 atom stereocenters. The molecule has 2 amide bonds. The Hall–Kier alpha value is -3.78. The number of nitrogens with zero attached hydrogens (tertiary/aromatic N) is 4. The summed E-state index contributed by atoms with van der Waals surface area (Å²) >= 11 is 0. The molecule has 226 valence electrons. The first-order chi connectivity index (χ1) is 20.3. The molecule has 2 aromatic carbocycles. The molecule has 3 heterocycles. The maximum atomic E-state index is 13.2. The van der Waals surface area contributed by atoms with Gasteiger partial charge in [0.05, 0.1) is 29.5 Å². The topological polar surface area (TPSA) is 102 Å². The molecule has 3 aromatic rings. The Labute approximate surface area is 251 Å². The Morgan fingerprint density at radius 2 is 1.50 bits per heavy atom. The summed E-state index contributed by atoms with van der Waals surface area (Å²) in [4.78, 5) is 36.3. The molecule has 2 N–H and O–H groups in total. The highest BCUT2D eigenvalue weighted by Crippen LogP contribution is 2.42. The minimum Gasteiger partial charge on any atom is -0.497 e. The molecule has 2 aliphatic heterocycles. The summed E-state index contributed by atoms with van der Waals surface area (Å²) in [5.74, 6) is 0.760. The number of ether oxygens (including phenoxy) is 1. The van der Waals surface area contributed by atoms with Gasteiger partial charge in [0.25, 0.3) is 5.91 Å². The molecule has 0 saturated carbocycles. The average molecular weight is 574 g/mol. The fourth-order valence-corrected chi connectivity index (χ4v) is 5.76. The summed E-state index contributed by atoms with van der Waals surface area (Å²) in [5.41, 5.74) is 9.26. The predicted molar refractivity (Wildman–Crippen MR) is 167 cm³/mol. The normalized spacial score (nSPS) is 15.8. The lowest BCUT2D eigenvalue weighted by Crippen LogP contribution is -2.44. The second kappa shape index (κ2) is 16.0. The standard InChI is InChI=1S/C25H32N2O2.C7H9N3O.C2H6/c1-29-23-11-9-22(10-12-23)20-27-19-15-25(24(27)28)13-17-26(18-14-25)16-5-8-21-6-3-2-4-7-21;1-4-6(7(8)11)5(2)10-3-9-4;1-2/h2-4,6-7,9-12H,5,8,13-20H2,1H3;3H,1-2H3,(H2,8,11);1-2H3. The van der Waals surface area contributed by atoms with Gasteiger partial charge in [0, 0.05) is 13.1 Å². The van der Waals surface area contributed by atoms with Crippen LogP contribution in [0.1, 0.15) is 72.4 Å². The number of primary amides is 1. The van der Waals surface area contributed by atoms with Crippen molar-refractivity contribution in [1.82, 2.24) is 19.8 Å². The third-order valence-corrected chi connectivity index (χ3v) is 8.20. The van der Waals surface area contributed by atoms with E-state index >= 15 is 0 Å². The Morgan fingerprint density at radius 3 is 2.05 bits per heavy atom. The molecule has 5 rings (SSSR count). The first kappa shape index (κ1) is 32.7. The summed E-state index contributed by atoms with van der Waals surface area (Å²) < 4.78 is 5.23. The number of piperidine rings is 1. The minimum atomic E-state index is -0.472. The summed E-state index contributed by atoms with van der Waals surface area (Å²) in [6.45, 7) is 12.3. The van der Waals surface area contributed by atoms with Gasteiger partial charge >= 0.3 is 0 Å². The van der Waals surface area contributed by atoms with Gasteiger partial charge in [-0.2, -0.15) is 0 Å². The molecular weight excluding hydrogens is 526 g/mol. The summed E-state index contributed by atoms with van der Waals surface area (Å²) in [5, 5.41) is 0. The number of nitrogens with two attached hydrogens (primary N) is 1. The molecule has 2 fully saturated rings. The third-order valence-electron chi connectivity index (χ3n) is 8.20. The van der Waals surface area contributed by atoms with Crippen molar-refractivity contribution < 1.29 is 14.3 Å². The molecule has 2 saturated heterocycles. The van der Waals surface area contributed by atoms with Crippen LogP contribution in [-0.2, 0) is 17.8 Å². The van der Waals surface area contributed by atoms with Crippen LogP contribution < -0.4 is 10.5 Å². The van der Waals surface area contributed by atoms with Crippen LogP contribution in [0, 0.1) is 19.3 Å². The zero-order valence-corrected chi connectivity index (χ0v) is 25.9. The van der Waals surface area contributed by atoms with Gasteiger partial charge in [0.1, 0.15) is 12.1 Å². The van der Waals surface area contributed by atoms with E-state index in [2.05, 4.69) is 62.2 Å². The van der Waals surface area contributed by atoms with E-state index in [9.17, 15) is 9.59 Å². The lowest BCUT2D eigenvalue weighted by Gasteiger charge is -2.38. The van der Waals surface area contributed by atoms with Crippen molar-refractivity contribution >= 4 is 11.8 Å². The molecule has 1 aromatic heterocycles. The van der Waals surface area contributed by atoms with Crippen LogP contribution in [-0.4, -0.2) is 64.9 Å². The van der Waals surface area contributed by atoms with Crippen molar-refractivity contribution in [2.75, 3.05) is 33.3 Å². The summed E-state index contributed by atoms with van der Waals surface area (Å²) in [7, 11) is 1.68. The SMILES string of the molecule is CC.COc1ccc(CN2CCC3(CCN(CCCc4ccccc4)CC3)C2=O)cc1.Cc1ncnc(C)c1C(N)=O. The van der Waals surface area contributed by atoms with E-state index in [0.717, 1.165) is 57.6 Å². The molecule has 0 radical (unpaired) electrons. The molecule has 8 heteroatoms. The Kier molecular flexibility index (Phi) is 12.5. The zero-order chi connectivity index (χ0) is 30.5. The highest BCUT2D eigenvalue weighted by molar-refractivity contribution is 5.94. The highest BCUT2D eigenvalue weighted by atomic mass is 16.5. The molecule has 0 bridgehead atoms. The molecule has 42 heavy (non-hydrogen) atoms. The van der Waals surface area contributed by atoms with E-state index in [1.807, 2.05) is 26.0 Å². The lowest BCUT2D eigenvalue weighted by atomic mass is 9.77. The van der Waals surface area contributed by atoms with Crippen molar-refractivity contribution in [3.05, 3.63) is 89.0 Å². The number of rotatable bonds is 8. The second-order valence-electron chi connectivity index (χ2n) is 10.8. The molecular formula is C34H47N5O3. The van der Waals surface area contributed by atoms with Crippen LogP contribution in [0.3, 0.4) is 0 Å². The number of carbonyl (C=O) groups is 2. The fraction of sp³-hybridized carbons (Fsp3) is 0.471. The van der Waals surface area contributed by atoms with E-state index in [1.165, 1.54) is 23.9 Å². The molecule has 2 aliphatic rings. The van der Waals surface area contributed by atoms with Gasteiger partial charge in [0.2, 0.25) is 5.91 Å². The van der Waals surface area contributed by atoms with E-state index in [-0.39, 0.29) is 5.41 Å². The van der Waals surface area contributed by atoms with Gasteiger partial charge in [-0.05, 0) is 88.8 Å². The van der Waals surface area contributed by atoms with Crippen molar-refractivity contribution in [3.8, 4) is 5.75 Å². The quantitative estimate of drug-likeness (QED) is 0.389. The summed E-state index contributed by atoms with van der Waals surface area (Å²) in [6, 6.07) is 18.8. The predicted octanol–water partition coefficient (Wildman–Crippen LogP) is 5.36. The largest absolute Gasteiger partial charge is 0.497 e. The van der Waals surface area contributed by atoms with Crippen LogP contribution in [0.15, 0.2) is 60.9 Å². The van der Waals surface area contributed by atoms with Crippen molar-refractivity contribution in [2.24, 2.45) is 11.1 Å². The maximum Gasteiger partial charge on any atom is 0.252 e. The fourth-order valence-electron chi connectivity index (χ4n) is 5.76. The average Bonchev–Trinajstić information content (AvgIpc) is 3.30. The van der Waals surface area contributed by atoms with Crippen molar-refractivity contribution in [3.63, 3.8) is 0 Å². The maximum absolute atomic E-state index is 13.2. The van der Waals surface area contributed by atoms with Crippen LogP contribution in [0.2, 0.25) is 0 Å². The number of aromatic nitrogens is 2. The molecule has 8 nitrogen and oxygen atoms in total. The van der Waals surface area contributed by atoms with Gasteiger partial charge in [-0.25, -0.2) is 9.97 Å². The van der Waals surface area contributed by atoms with Crippen LogP contribution in [0.4, 0.5) is 0 Å². The lowest BCUT2D eigenvalue weighted by molar-refractivity contribution is -0.138. The van der Waals surface area contributed by atoms with Crippen molar-refractivity contribution in [2.45, 2.75) is 66.3 Å². The van der Waals surface area contributed by atoms with Gasteiger partial charge in [-0.3, -0.25) is 9.59 Å². The number of likely N-dealkylation sites (tertiary alicyclic amines) is 2. The molecule has 0 unspecified atom stereocenters. The van der Waals surface area contributed by atoms with Crippen LogP contribution in [0.25, 0.3) is 0 Å². The van der Waals surface area contributed by atoms with Gasteiger partial charge < -0.3 is 20.3 Å². The summed E-state index contributed by atoms with van der Waals surface area (Å²) in [6.07, 6.45) is 6.77. The van der Waals surface area contributed by atoms with E-state index in [1.54, 1.807) is 21.0 Å². The van der Waals surface area contributed by atoms with E-state index < -0.39 is 5.91 Å². The number of carbonyl (C=O) groups excluding carboxylic acids is 2. The highest BCUT2D eigenvalue weighted by Gasteiger charge is 2.47. The number of hydrogen-bond donors (Lipinski definition) is 1. The second-order valence-corrected chi connectivity index (χ2v) is 10.8. The van der Waals surface area contributed by atoms with Gasteiger partial charge in [-0.1, -0.05) is 56.3 Å². The van der Waals surface area contributed by atoms with Crippen LogP contribution >= 0.6 is 0 Å². The minimum absolute atomic E-state index is 0.109. The van der Waals surface area contributed by atoms with Gasteiger partial charge in [0.15, 0.2) is 0 Å². The third kappa shape index (κ3) is 8.61. The molecule has 1 spiro atoms. The number of amides is 2. The van der Waals surface area contributed by atoms with Gasteiger partial charge in [-0.15, -0.1) is 0 Å². The molecule has 0 aliphatic carbocycles. The van der Waals surface area contributed by atoms with Crippen molar-refractivity contribution in [1.29, 1.82) is 0 Å². The number of hydrogen-bond acceptors (Lipinski definition) is 6. The zero-order valence-electron chi connectivity index (χ0n) is 25.9. The first-order valence-corrected chi connectivity index (χ1v) is 15.1. The Bertz CT molecular complexity index is 1250. The Morgan fingerprint density at radius 1 is 0.905 bits per heavy atom. The first-order valence-electron chi connectivity index (χ1n) is 15.1. The number of benzene rings is 2. The monoisotopic (exact) mass is 573 g/mol. The number of methoxy groups -OCH3 is 1. The van der Waals surface area contributed by atoms with Crippen LogP contribution in [0.5, 0.6) is 5.75 Å². The Balaban J connectivity index is 0.000000313. The van der Waals surface area contributed by atoms with E-state index in [4.69, 9.17) is 10.5 Å². The number of aryl methyl sites for hydroxylation is 3. The van der Waals surface area contributed by atoms with E-state index in [0.29, 0.717) is 29.4 Å².